The minimum atomic E-state index is -0.563. The van der Waals surface area contributed by atoms with Gasteiger partial charge in [0.05, 0.1) is 6.20 Å². The van der Waals surface area contributed by atoms with Crippen molar-refractivity contribution >= 4 is 23.6 Å². The molecule has 3 aromatic rings. The molecule has 0 saturated heterocycles. The topological polar surface area (TPSA) is 64.4 Å². The molecule has 6 nitrogen and oxygen atoms in total. The number of benzene rings is 2. The number of esters is 1. The van der Waals surface area contributed by atoms with Crippen LogP contribution in [-0.4, -0.2) is 45.7 Å². The van der Waals surface area contributed by atoms with Gasteiger partial charge in [-0.15, -0.1) is 0 Å². The summed E-state index contributed by atoms with van der Waals surface area (Å²) < 4.78 is 7.10. The maximum atomic E-state index is 12.7. The van der Waals surface area contributed by atoms with Crippen molar-refractivity contribution in [3.8, 4) is 5.69 Å². The Balaban J connectivity index is 1.44. The molecule has 2 heterocycles. The average Bonchev–Trinajstić information content (AvgIpc) is 3.21. The molecule has 0 spiro atoms. The van der Waals surface area contributed by atoms with Gasteiger partial charge in [0, 0.05) is 18.8 Å². The molecule has 29 heavy (non-hydrogen) atoms. The van der Waals surface area contributed by atoms with E-state index in [1.807, 2.05) is 54.8 Å². The fourth-order valence-electron chi connectivity index (χ4n) is 3.45. The molecule has 0 aliphatic carbocycles. The highest BCUT2D eigenvalue weighted by molar-refractivity contribution is 7.98. The number of imidazole rings is 1. The molecule has 7 heteroatoms. The second-order valence-corrected chi connectivity index (χ2v) is 7.48. The Kier molecular flexibility index (Phi) is 5.67. The molecule has 0 unspecified atom stereocenters. The van der Waals surface area contributed by atoms with Crippen LogP contribution < -0.4 is 0 Å². The number of nitrogens with zero attached hydrogens (tertiary/aromatic N) is 3. The lowest BCUT2D eigenvalue weighted by molar-refractivity contribution is -0.135. The molecule has 1 amide bonds. The zero-order chi connectivity index (χ0) is 20.2. The molecular formula is C22H21N3O3S. The zero-order valence-electron chi connectivity index (χ0n) is 16.1. The van der Waals surface area contributed by atoms with Crippen LogP contribution in [0, 0.1) is 0 Å². The van der Waals surface area contributed by atoms with Crippen molar-refractivity contribution in [3.63, 3.8) is 0 Å². The Morgan fingerprint density at radius 1 is 1.07 bits per heavy atom. The first-order valence-electron chi connectivity index (χ1n) is 9.36. The highest BCUT2D eigenvalue weighted by atomic mass is 32.2. The second kappa shape index (κ2) is 8.53. The summed E-state index contributed by atoms with van der Waals surface area (Å²) in [7, 11) is 0. The van der Waals surface area contributed by atoms with Crippen LogP contribution in [0.3, 0.4) is 0 Å². The number of thioether (sulfide) groups is 1. The number of ether oxygens (including phenoxy) is 1. The number of aromatic nitrogens is 2. The van der Waals surface area contributed by atoms with Crippen LogP contribution >= 0.6 is 11.8 Å². The maximum Gasteiger partial charge on any atom is 0.357 e. The monoisotopic (exact) mass is 407 g/mol. The van der Waals surface area contributed by atoms with E-state index in [0.29, 0.717) is 23.9 Å². The third-order valence-corrected chi connectivity index (χ3v) is 5.60. The van der Waals surface area contributed by atoms with Crippen LogP contribution in [-0.2, 0) is 22.5 Å². The van der Waals surface area contributed by atoms with Crippen LogP contribution in [0.4, 0.5) is 0 Å². The van der Waals surface area contributed by atoms with E-state index in [0.717, 1.165) is 17.7 Å². The zero-order valence-corrected chi connectivity index (χ0v) is 16.9. The van der Waals surface area contributed by atoms with Gasteiger partial charge in [-0.3, -0.25) is 9.36 Å². The number of para-hydroxylation sites is 1. The van der Waals surface area contributed by atoms with Gasteiger partial charge < -0.3 is 9.64 Å². The van der Waals surface area contributed by atoms with Gasteiger partial charge in [-0.2, -0.15) is 0 Å². The number of carbonyl (C=O) groups excluding carboxylic acids is 2. The smallest absolute Gasteiger partial charge is 0.357 e. The van der Waals surface area contributed by atoms with Gasteiger partial charge in [0.25, 0.3) is 5.91 Å². The molecular weight excluding hydrogens is 386 g/mol. The van der Waals surface area contributed by atoms with Gasteiger partial charge in [0.1, 0.15) is 0 Å². The number of hydrogen-bond donors (Lipinski definition) is 0. The van der Waals surface area contributed by atoms with E-state index in [2.05, 4.69) is 11.1 Å². The maximum absolute atomic E-state index is 12.7. The Hall–Kier alpha value is -3.06. The van der Waals surface area contributed by atoms with Crippen LogP contribution in [0.25, 0.3) is 5.69 Å². The fraction of sp³-hybridized carbons (Fsp3) is 0.227. The van der Waals surface area contributed by atoms with Gasteiger partial charge in [0.15, 0.2) is 17.5 Å². The van der Waals surface area contributed by atoms with Crippen LogP contribution in [0.1, 0.15) is 21.6 Å². The Morgan fingerprint density at radius 2 is 1.79 bits per heavy atom. The summed E-state index contributed by atoms with van der Waals surface area (Å²) >= 11 is 1.44. The molecule has 0 radical (unpaired) electrons. The summed E-state index contributed by atoms with van der Waals surface area (Å²) in [4.78, 5) is 31.3. The van der Waals surface area contributed by atoms with E-state index in [1.54, 1.807) is 9.47 Å². The molecule has 148 valence electrons. The molecule has 1 aromatic heterocycles. The highest BCUT2D eigenvalue weighted by Crippen LogP contribution is 2.22. The van der Waals surface area contributed by atoms with E-state index < -0.39 is 5.97 Å². The molecule has 1 aliphatic heterocycles. The molecule has 0 saturated carbocycles. The molecule has 4 rings (SSSR count). The van der Waals surface area contributed by atoms with Crippen LogP contribution in [0.2, 0.25) is 0 Å². The largest absolute Gasteiger partial charge is 0.451 e. The lowest BCUT2D eigenvalue weighted by Gasteiger charge is -2.28. The molecule has 0 fully saturated rings. The second-order valence-electron chi connectivity index (χ2n) is 6.71. The van der Waals surface area contributed by atoms with Crippen molar-refractivity contribution in [1.29, 1.82) is 0 Å². The molecule has 0 N–H and O–H groups in total. The summed E-state index contributed by atoms with van der Waals surface area (Å²) in [5.41, 5.74) is 3.53. The summed E-state index contributed by atoms with van der Waals surface area (Å²) in [6.07, 6.45) is 4.20. The Morgan fingerprint density at radius 3 is 2.55 bits per heavy atom. The third kappa shape index (κ3) is 4.05. The van der Waals surface area contributed by atoms with Gasteiger partial charge >= 0.3 is 5.97 Å². The number of hydrogen-bond acceptors (Lipinski definition) is 5. The Labute approximate surface area is 173 Å². The SMILES string of the molecule is CSc1ncc(C(=O)OCC(=O)N2CCc3ccccc3C2)n1-c1ccccc1. The summed E-state index contributed by atoms with van der Waals surface area (Å²) in [6.45, 7) is 0.896. The van der Waals surface area contributed by atoms with Crippen molar-refractivity contribution in [2.24, 2.45) is 0 Å². The average molecular weight is 407 g/mol. The number of fused-ring (bicyclic) bond motifs is 1. The first kappa shape index (κ1) is 19.3. The fourth-order valence-corrected chi connectivity index (χ4v) is 4.00. The number of carbonyl (C=O) groups is 2. The van der Waals surface area contributed by atoms with E-state index in [4.69, 9.17) is 4.74 Å². The minimum Gasteiger partial charge on any atom is -0.451 e. The summed E-state index contributed by atoms with van der Waals surface area (Å²) in [6, 6.07) is 17.6. The number of amides is 1. The summed E-state index contributed by atoms with van der Waals surface area (Å²) in [5, 5.41) is 0.683. The van der Waals surface area contributed by atoms with Crippen molar-refractivity contribution in [3.05, 3.63) is 77.6 Å². The lowest BCUT2D eigenvalue weighted by Crippen LogP contribution is -2.38. The van der Waals surface area contributed by atoms with Crippen molar-refractivity contribution in [2.45, 2.75) is 18.1 Å². The normalized spacial score (nSPS) is 13.1. The Bertz CT molecular complexity index is 1030. The first-order chi connectivity index (χ1) is 14.2. The van der Waals surface area contributed by atoms with Crippen molar-refractivity contribution in [2.75, 3.05) is 19.4 Å². The summed E-state index contributed by atoms with van der Waals surface area (Å²) in [5.74, 6) is -0.754. The lowest BCUT2D eigenvalue weighted by atomic mass is 10.00. The highest BCUT2D eigenvalue weighted by Gasteiger charge is 2.23. The van der Waals surface area contributed by atoms with Gasteiger partial charge in [-0.25, -0.2) is 9.78 Å². The first-order valence-corrected chi connectivity index (χ1v) is 10.6. The van der Waals surface area contributed by atoms with E-state index in [-0.39, 0.29) is 12.5 Å². The standard InChI is InChI=1S/C22H21N3O3S/c1-29-22-23-13-19(25(22)18-9-3-2-4-10-18)21(27)28-15-20(26)24-12-11-16-7-5-6-8-17(16)14-24/h2-10,13H,11-12,14-15H2,1H3. The van der Waals surface area contributed by atoms with Crippen molar-refractivity contribution < 1.29 is 14.3 Å². The van der Waals surface area contributed by atoms with Crippen LogP contribution in [0.15, 0.2) is 66.0 Å². The van der Waals surface area contributed by atoms with E-state index >= 15 is 0 Å². The number of rotatable bonds is 5. The molecule has 1 aliphatic rings. The van der Waals surface area contributed by atoms with Crippen molar-refractivity contribution in [1.82, 2.24) is 14.5 Å². The predicted octanol–water partition coefficient (Wildman–Crippen LogP) is 3.34. The molecule has 0 atom stereocenters. The van der Waals surface area contributed by atoms with E-state index in [1.165, 1.54) is 23.5 Å². The third-order valence-electron chi connectivity index (χ3n) is 4.95. The van der Waals surface area contributed by atoms with Gasteiger partial charge in [-0.1, -0.05) is 54.2 Å². The van der Waals surface area contributed by atoms with Gasteiger partial charge in [-0.05, 0) is 35.9 Å². The predicted molar refractivity (Wildman–Crippen MR) is 111 cm³/mol. The quantitative estimate of drug-likeness (QED) is 0.479. The van der Waals surface area contributed by atoms with Crippen LogP contribution in [0.5, 0.6) is 0 Å². The minimum absolute atomic E-state index is 0.191. The molecule has 2 aromatic carbocycles. The van der Waals surface area contributed by atoms with Gasteiger partial charge in [0.2, 0.25) is 0 Å². The van der Waals surface area contributed by atoms with E-state index in [9.17, 15) is 9.59 Å². The molecule has 0 bridgehead atoms.